The van der Waals surface area contributed by atoms with Crippen LogP contribution >= 0.6 is 0 Å². The van der Waals surface area contributed by atoms with Crippen LogP contribution in [-0.2, 0) is 16.1 Å². The maximum Gasteiger partial charge on any atom is 0.407 e. The number of likely N-dealkylation sites (tertiary alicyclic amines) is 2. The fourth-order valence-electron chi connectivity index (χ4n) is 3.91. The molecule has 2 aliphatic rings. The number of rotatable bonds is 4. The first-order chi connectivity index (χ1) is 13.5. The maximum atomic E-state index is 14.0. The topological polar surface area (TPSA) is 61.9 Å². The molecule has 160 valence electrons. The summed E-state index contributed by atoms with van der Waals surface area (Å²) in [6.07, 6.45) is -1.21. The lowest BCUT2D eigenvalue weighted by atomic mass is 10.0. The molecule has 3 rings (SSSR count). The third-order valence-electron chi connectivity index (χ3n) is 5.14. The van der Waals surface area contributed by atoms with Gasteiger partial charge in [-0.1, -0.05) is 30.3 Å². The molecule has 0 spiro atoms. The molecule has 0 aliphatic carbocycles. The lowest BCUT2D eigenvalue weighted by Gasteiger charge is -2.38. The fraction of sp³-hybridized carbons (Fsp3) is 0.619. The number of alkyl carbamates (subject to hydrolysis) is 1. The summed E-state index contributed by atoms with van der Waals surface area (Å²) in [4.78, 5) is 28.1. The van der Waals surface area contributed by atoms with E-state index in [0.717, 1.165) is 5.56 Å². The van der Waals surface area contributed by atoms with Crippen molar-refractivity contribution in [3.8, 4) is 0 Å². The van der Waals surface area contributed by atoms with E-state index < -0.39 is 42.7 Å². The first-order valence-corrected chi connectivity index (χ1v) is 9.95. The van der Waals surface area contributed by atoms with Gasteiger partial charge in [-0.3, -0.25) is 9.69 Å². The Morgan fingerprint density at radius 2 is 1.93 bits per heavy atom. The van der Waals surface area contributed by atoms with Gasteiger partial charge in [0.15, 0.2) is 0 Å². The second-order valence-corrected chi connectivity index (χ2v) is 8.88. The van der Waals surface area contributed by atoms with E-state index in [1.807, 2.05) is 30.3 Å². The zero-order valence-electron chi connectivity index (χ0n) is 17.2. The van der Waals surface area contributed by atoms with Gasteiger partial charge >= 0.3 is 6.09 Å². The van der Waals surface area contributed by atoms with Crippen LogP contribution in [0.1, 0.15) is 39.2 Å². The molecule has 2 saturated heterocycles. The highest BCUT2D eigenvalue weighted by atomic mass is 19.3. The van der Waals surface area contributed by atoms with Gasteiger partial charge in [-0.25, -0.2) is 13.6 Å². The predicted octanol–water partition coefficient (Wildman–Crippen LogP) is 3.02. The van der Waals surface area contributed by atoms with Gasteiger partial charge in [0.2, 0.25) is 5.91 Å². The molecule has 2 atom stereocenters. The van der Waals surface area contributed by atoms with Crippen LogP contribution in [0.2, 0.25) is 0 Å². The molecule has 1 N–H and O–H groups in total. The van der Waals surface area contributed by atoms with Crippen LogP contribution in [0, 0.1) is 0 Å². The number of amides is 2. The van der Waals surface area contributed by atoms with Gasteiger partial charge in [-0.15, -0.1) is 0 Å². The number of piperidine rings is 1. The Hall–Kier alpha value is -2.22. The van der Waals surface area contributed by atoms with Crippen LogP contribution in [-0.4, -0.2) is 65.0 Å². The number of halogens is 2. The molecule has 2 aliphatic heterocycles. The van der Waals surface area contributed by atoms with Crippen LogP contribution in [0.5, 0.6) is 0 Å². The summed E-state index contributed by atoms with van der Waals surface area (Å²) in [6, 6.07) is 8.78. The number of carbonyl (C=O) groups is 2. The summed E-state index contributed by atoms with van der Waals surface area (Å²) >= 11 is 0. The summed E-state index contributed by atoms with van der Waals surface area (Å²) < 4.78 is 33.4. The van der Waals surface area contributed by atoms with Crippen molar-refractivity contribution >= 4 is 12.0 Å². The average molecular weight is 409 g/mol. The van der Waals surface area contributed by atoms with Crippen molar-refractivity contribution in [2.24, 2.45) is 0 Å². The van der Waals surface area contributed by atoms with E-state index in [1.54, 1.807) is 20.8 Å². The van der Waals surface area contributed by atoms with Crippen molar-refractivity contribution in [2.45, 2.75) is 63.8 Å². The largest absolute Gasteiger partial charge is 0.444 e. The van der Waals surface area contributed by atoms with Crippen molar-refractivity contribution in [1.82, 2.24) is 15.1 Å². The molecular weight excluding hydrogens is 380 g/mol. The van der Waals surface area contributed by atoms with Gasteiger partial charge in [0.1, 0.15) is 5.60 Å². The molecule has 0 radical (unpaired) electrons. The Morgan fingerprint density at radius 1 is 1.24 bits per heavy atom. The second-order valence-electron chi connectivity index (χ2n) is 8.88. The molecule has 1 aromatic rings. The number of hydrogen-bond donors (Lipinski definition) is 1. The molecule has 0 saturated carbocycles. The van der Waals surface area contributed by atoms with Crippen molar-refractivity contribution < 1.29 is 23.1 Å². The van der Waals surface area contributed by atoms with Gasteiger partial charge in [0, 0.05) is 32.5 Å². The Bertz CT molecular complexity index is 736. The minimum Gasteiger partial charge on any atom is -0.444 e. The molecular formula is C21H29F2N3O3. The summed E-state index contributed by atoms with van der Waals surface area (Å²) in [5.41, 5.74) is 0.412. The number of hydrogen-bond acceptors (Lipinski definition) is 4. The summed E-state index contributed by atoms with van der Waals surface area (Å²) in [5.74, 6) is -3.20. The highest BCUT2D eigenvalue weighted by Crippen LogP contribution is 2.31. The molecule has 29 heavy (non-hydrogen) atoms. The molecule has 2 heterocycles. The van der Waals surface area contributed by atoms with E-state index in [9.17, 15) is 18.4 Å². The predicted molar refractivity (Wildman–Crippen MR) is 105 cm³/mol. The number of nitrogens with one attached hydrogen (secondary N) is 1. The van der Waals surface area contributed by atoms with Gasteiger partial charge in [0.05, 0.1) is 18.6 Å². The Kier molecular flexibility index (Phi) is 6.12. The number of nitrogens with zero attached hydrogens (tertiary/aromatic N) is 2. The molecule has 8 heteroatoms. The van der Waals surface area contributed by atoms with Crippen molar-refractivity contribution in [2.75, 3.05) is 19.6 Å². The van der Waals surface area contributed by atoms with Crippen LogP contribution in [0.3, 0.4) is 0 Å². The number of carbonyl (C=O) groups excluding carboxylic acids is 2. The van der Waals surface area contributed by atoms with Gasteiger partial charge in [-0.05, 0) is 26.3 Å². The van der Waals surface area contributed by atoms with E-state index in [0.29, 0.717) is 19.6 Å². The third kappa shape index (κ3) is 5.88. The molecule has 1 aromatic carbocycles. The Morgan fingerprint density at radius 3 is 2.59 bits per heavy atom. The van der Waals surface area contributed by atoms with Crippen LogP contribution < -0.4 is 5.32 Å². The standard InChI is InChI=1S/C21H29F2N3O3/c1-20(2,3)29-19(28)24-16-12-25(11-15-7-5-4-6-8-15)13-17(16)26-14-21(22,23)10-9-18(26)27/h4-8,16-17H,9-14H2,1-3H3,(H,24,28)/t16-,17+/m0/s1. The lowest BCUT2D eigenvalue weighted by Crippen LogP contribution is -2.58. The SMILES string of the molecule is CC(C)(C)OC(=O)N[C@H]1CN(Cc2ccccc2)C[C@H]1N1CC(F)(F)CCC1=O. The van der Waals surface area contributed by atoms with Gasteiger partial charge in [-0.2, -0.15) is 0 Å². The zero-order chi connectivity index (χ0) is 21.2. The first-order valence-electron chi connectivity index (χ1n) is 9.95. The first kappa shape index (κ1) is 21.5. The van der Waals surface area contributed by atoms with Gasteiger partial charge < -0.3 is 15.0 Å². The molecule has 2 amide bonds. The molecule has 0 bridgehead atoms. The minimum atomic E-state index is -2.91. The van der Waals surface area contributed by atoms with E-state index in [2.05, 4.69) is 10.2 Å². The van der Waals surface area contributed by atoms with Gasteiger partial charge in [0.25, 0.3) is 5.92 Å². The van der Waals surface area contributed by atoms with E-state index in [4.69, 9.17) is 4.74 Å². The van der Waals surface area contributed by atoms with Crippen molar-refractivity contribution in [3.05, 3.63) is 35.9 Å². The summed E-state index contributed by atoms with van der Waals surface area (Å²) in [6.45, 7) is 6.15. The minimum absolute atomic E-state index is 0.179. The quantitative estimate of drug-likeness (QED) is 0.831. The van der Waals surface area contributed by atoms with Crippen molar-refractivity contribution in [3.63, 3.8) is 0 Å². The van der Waals surface area contributed by atoms with Crippen LogP contribution in [0.15, 0.2) is 30.3 Å². The molecule has 2 fully saturated rings. The zero-order valence-corrected chi connectivity index (χ0v) is 17.2. The highest BCUT2D eigenvalue weighted by molar-refractivity contribution is 5.78. The third-order valence-corrected chi connectivity index (χ3v) is 5.14. The monoisotopic (exact) mass is 409 g/mol. The number of ether oxygens (including phenoxy) is 1. The lowest BCUT2D eigenvalue weighted by molar-refractivity contribution is -0.151. The number of alkyl halides is 2. The highest BCUT2D eigenvalue weighted by Gasteiger charge is 2.46. The normalized spacial score (nSPS) is 25.1. The molecule has 0 aromatic heterocycles. The van der Waals surface area contributed by atoms with E-state index >= 15 is 0 Å². The Labute approximate surface area is 170 Å². The summed E-state index contributed by atoms with van der Waals surface area (Å²) in [5, 5.41) is 2.80. The summed E-state index contributed by atoms with van der Waals surface area (Å²) in [7, 11) is 0. The second kappa shape index (κ2) is 8.26. The van der Waals surface area contributed by atoms with E-state index in [1.165, 1.54) is 4.90 Å². The average Bonchev–Trinajstić information content (AvgIpc) is 2.98. The van der Waals surface area contributed by atoms with Crippen LogP contribution in [0.4, 0.5) is 13.6 Å². The van der Waals surface area contributed by atoms with E-state index in [-0.39, 0.29) is 12.3 Å². The van der Waals surface area contributed by atoms with Crippen molar-refractivity contribution in [1.29, 1.82) is 0 Å². The maximum absolute atomic E-state index is 14.0. The molecule has 0 unspecified atom stereocenters. The molecule has 6 nitrogen and oxygen atoms in total. The van der Waals surface area contributed by atoms with Crippen LogP contribution in [0.25, 0.3) is 0 Å². The smallest absolute Gasteiger partial charge is 0.407 e. The Balaban J connectivity index is 1.75. The number of benzene rings is 1. The fourth-order valence-corrected chi connectivity index (χ4v) is 3.91.